The standard InChI is InChI=1S/C13H21NO/c1-10-4-5-13(12(3)11(10)2)6-7-14-8-9-15/h4-5,14-15H,6-9H2,1-3H3. The quantitative estimate of drug-likeness (QED) is 0.721. The Labute approximate surface area is 92.3 Å². The molecule has 0 aromatic heterocycles. The SMILES string of the molecule is Cc1ccc(CCNCCO)c(C)c1C. The van der Waals surface area contributed by atoms with Gasteiger partial charge in [0.05, 0.1) is 6.61 Å². The van der Waals surface area contributed by atoms with Crippen molar-refractivity contribution in [2.75, 3.05) is 19.7 Å². The summed E-state index contributed by atoms with van der Waals surface area (Å²) in [6.45, 7) is 8.34. The third-order valence-corrected chi connectivity index (χ3v) is 3.03. The van der Waals surface area contributed by atoms with Gasteiger partial charge in [-0.2, -0.15) is 0 Å². The van der Waals surface area contributed by atoms with E-state index in [-0.39, 0.29) is 6.61 Å². The molecule has 84 valence electrons. The topological polar surface area (TPSA) is 32.3 Å². The van der Waals surface area contributed by atoms with Crippen molar-refractivity contribution in [1.29, 1.82) is 0 Å². The molecule has 15 heavy (non-hydrogen) atoms. The lowest BCUT2D eigenvalue weighted by Crippen LogP contribution is -2.21. The molecule has 0 heterocycles. The molecule has 0 unspecified atom stereocenters. The molecule has 0 radical (unpaired) electrons. The molecule has 0 aliphatic rings. The van der Waals surface area contributed by atoms with Crippen molar-refractivity contribution in [3.63, 3.8) is 0 Å². The van der Waals surface area contributed by atoms with E-state index in [1.807, 2.05) is 0 Å². The molecule has 2 N–H and O–H groups in total. The normalized spacial score (nSPS) is 10.7. The number of benzene rings is 1. The molecule has 0 fully saturated rings. The van der Waals surface area contributed by atoms with E-state index in [1.165, 1.54) is 22.3 Å². The molecule has 0 bridgehead atoms. The molecular formula is C13H21NO. The van der Waals surface area contributed by atoms with Gasteiger partial charge < -0.3 is 10.4 Å². The largest absolute Gasteiger partial charge is 0.395 e. The molecule has 0 amide bonds. The zero-order valence-electron chi connectivity index (χ0n) is 9.93. The highest BCUT2D eigenvalue weighted by Crippen LogP contribution is 2.17. The number of hydrogen-bond donors (Lipinski definition) is 2. The average molecular weight is 207 g/mol. The fourth-order valence-corrected chi connectivity index (χ4v) is 1.71. The molecular weight excluding hydrogens is 186 g/mol. The fourth-order valence-electron chi connectivity index (χ4n) is 1.71. The first-order valence-corrected chi connectivity index (χ1v) is 5.54. The second-order valence-electron chi connectivity index (χ2n) is 4.02. The predicted octanol–water partition coefficient (Wildman–Crippen LogP) is 1.74. The van der Waals surface area contributed by atoms with Gasteiger partial charge in [0, 0.05) is 6.54 Å². The van der Waals surface area contributed by atoms with Crippen molar-refractivity contribution in [3.8, 4) is 0 Å². The highest BCUT2D eigenvalue weighted by Gasteiger charge is 2.02. The van der Waals surface area contributed by atoms with Gasteiger partial charge in [-0.3, -0.25) is 0 Å². The van der Waals surface area contributed by atoms with Crippen LogP contribution in [0.2, 0.25) is 0 Å². The first-order valence-electron chi connectivity index (χ1n) is 5.54. The van der Waals surface area contributed by atoms with Crippen molar-refractivity contribution in [1.82, 2.24) is 5.32 Å². The predicted molar refractivity (Wildman–Crippen MR) is 64.3 cm³/mol. The van der Waals surface area contributed by atoms with Crippen LogP contribution in [0.1, 0.15) is 22.3 Å². The third kappa shape index (κ3) is 3.33. The lowest BCUT2D eigenvalue weighted by atomic mass is 9.97. The molecule has 2 nitrogen and oxygen atoms in total. The van der Waals surface area contributed by atoms with E-state index in [2.05, 4.69) is 38.2 Å². The Hall–Kier alpha value is -0.860. The first kappa shape index (κ1) is 12.2. The summed E-state index contributed by atoms with van der Waals surface area (Å²) in [7, 11) is 0. The summed E-state index contributed by atoms with van der Waals surface area (Å²) in [5.41, 5.74) is 5.57. The average Bonchev–Trinajstić information content (AvgIpc) is 2.24. The number of nitrogens with one attached hydrogen (secondary N) is 1. The van der Waals surface area contributed by atoms with Crippen LogP contribution in [0.4, 0.5) is 0 Å². The van der Waals surface area contributed by atoms with Crippen LogP contribution in [0.5, 0.6) is 0 Å². The van der Waals surface area contributed by atoms with Crippen molar-refractivity contribution in [3.05, 3.63) is 34.4 Å². The second kappa shape index (κ2) is 5.89. The summed E-state index contributed by atoms with van der Waals surface area (Å²) in [5, 5.41) is 11.8. The summed E-state index contributed by atoms with van der Waals surface area (Å²) in [6.07, 6.45) is 1.03. The lowest BCUT2D eigenvalue weighted by molar-refractivity contribution is 0.293. The van der Waals surface area contributed by atoms with E-state index >= 15 is 0 Å². The van der Waals surface area contributed by atoms with E-state index in [0.717, 1.165) is 13.0 Å². The highest BCUT2D eigenvalue weighted by atomic mass is 16.3. The summed E-state index contributed by atoms with van der Waals surface area (Å²) >= 11 is 0. The Morgan fingerprint density at radius 1 is 1.07 bits per heavy atom. The van der Waals surface area contributed by atoms with E-state index in [9.17, 15) is 0 Å². The summed E-state index contributed by atoms with van der Waals surface area (Å²) in [4.78, 5) is 0. The van der Waals surface area contributed by atoms with Crippen LogP contribution < -0.4 is 5.32 Å². The minimum atomic E-state index is 0.214. The summed E-state index contributed by atoms with van der Waals surface area (Å²) < 4.78 is 0. The number of rotatable bonds is 5. The van der Waals surface area contributed by atoms with Gasteiger partial charge >= 0.3 is 0 Å². The van der Waals surface area contributed by atoms with E-state index in [1.54, 1.807) is 0 Å². The monoisotopic (exact) mass is 207 g/mol. The lowest BCUT2D eigenvalue weighted by Gasteiger charge is -2.11. The van der Waals surface area contributed by atoms with Gasteiger partial charge in [-0.1, -0.05) is 12.1 Å². The summed E-state index contributed by atoms with van der Waals surface area (Å²) in [5.74, 6) is 0. The molecule has 0 aliphatic carbocycles. The van der Waals surface area contributed by atoms with Crippen LogP contribution in [-0.2, 0) is 6.42 Å². The molecule has 1 rings (SSSR count). The number of aliphatic hydroxyl groups is 1. The maximum Gasteiger partial charge on any atom is 0.0555 e. The van der Waals surface area contributed by atoms with Gasteiger partial charge in [-0.15, -0.1) is 0 Å². The first-order chi connectivity index (χ1) is 7.16. The minimum Gasteiger partial charge on any atom is -0.395 e. The molecule has 2 heteroatoms. The van der Waals surface area contributed by atoms with Crippen LogP contribution in [0.25, 0.3) is 0 Å². The molecule has 0 saturated heterocycles. The second-order valence-corrected chi connectivity index (χ2v) is 4.02. The van der Waals surface area contributed by atoms with Crippen molar-refractivity contribution >= 4 is 0 Å². The molecule has 1 aromatic carbocycles. The van der Waals surface area contributed by atoms with Crippen molar-refractivity contribution in [2.45, 2.75) is 27.2 Å². The minimum absolute atomic E-state index is 0.214. The van der Waals surface area contributed by atoms with Crippen LogP contribution in [0.3, 0.4) is 0 Å². The maximum atomic E-state index is 8.64. The van der Waals surface area contributed by atoms with Gasteiger partial charge in [0.25, 0.3) is 0 Å². The zero-order valence-corrected chi connectivity index (χ0v) is 9.93. The van der Waals surface area contributed by atoms with Crippen LogP contribution in [-0.4, -0.2) is 24.8 Å². The fraction of sp³-hybridized carbons (Fsp3) is 0.538. The molecule has 0 atom stereocenters. The molecule has 1 aromatic rings. The van der Waals surface area contributed by atoms with Gasteiger partial charge in [0.2, 0.25) is 0 Å². The zero-order chi connectivity index (χ0) is 11.3. The Morgan fingerprint density at radius 3 is 2.47 bits per heavy atom. The smallest absolute Gasteiger partial charge is 0.0555 e. The summed E-state index contributed by atoms with van der Waals surface area (Å²) in [6, 6.07) is 4.39. The highest BCUT2D eigenvalue weighted by molar-refractivity contribution is 5.38. The molecule has 0 saturated carbocycles. The third-order valence-electron chi connectivity index (χ3n) is 3.03. The van der Waals surface area contributed by atoms with Crippen LogP contribution >= 0.6 is 0 Å². The number of aryl methyl sites for hydroxylation is 1. The van der Waals surface area contributed by atoms with Crippen molar-refractivity contribution < 1.29 is 5.11 Å². The Bertz CT molecular complexity index is 321. The van der Waals surface area contributed by atoms with E-state index in [0.29, 0.717) is 6.54 Å². The molecule has 0 spiro atoms. The number of hydrogen-bond acceptors (Lipinski definition) is 2. The molecule has 0 aliphatic heterocycles. The van der Waals surface area contributed by atoms with Gasteiger partial charge in [-0.05, 0) is 56.0 Å². The van der Waals surface area contributed by atoms with Gasteiger partial charge in [-0.25, -0.2) is 0 Å². The Kier molecular flexibility index (Phi) is 4.79. The van der Waals surface area contributed by atoms with E-state index < -0.39 is 0 Å². The maximum absolute atomic E-state index is 8.64. The van der Waals surface area contributed by atoms with Crippen LogP contribution in [0.15, 0.2) is 12.1 Å². The number of aliphatic hydroxyl groups excluding tert-OH is 1. The Morgan fingerprint density at radius 2 is 1.80 bits per heavy atom. The van der Waals surface area contributed by atoms with Crippen molar-refractivity contribution in [2.24, 2.45) is 0 Å². The van der Waals surface area contributed by atoms with Gasteiger partial charge in [0.1, 0.15) is 0 Å². The van der Waals surface area contributed by atoms with E-state index in [4.69, 9.17) is 5.11 Å². The van der Waals surface area contributed by atoms with Gasteiger partial charge in [0.15, 0.2) is 0 Å². The Balaban J connectivity index is 2.58. The van der Waals surface area contributed by atoms with Crippen LogP contribution in [0, 0.1) is 20.8 Å².